The van der Waals surface area contributed by atoms with Gasteiger partial charge in [0.25, 0.3) is 0 Å². The Morgan fingerprint density at radius 3 is 2.55 bits per heavy atom. The highest BCUT2D eigenvalue weighted by atomic mass is 15.0. The Bertz CT molecular complexity index is 591. The molecule has 0 amide bonds. The smallest absolute Gasteiger partial charge is 0.136 e. The van der Waals surface area contributed by atoms with Crippen LogP contribution in [0.1, 0.15) is 30.8 Å². The molecule has 1 fully saturated rings. The van der Waals surface area contributed by atoms with E-state index in [1.165, 1.54) is 19.3 Å². The maximum absolute atomic E-state index is 4.84. The molecule has 1 aliphatic carbocycles. The number of aryl methyl sites for hydroxylation is 1. The Morgan fingerprint density at radius 1 is 1.20 bits per heavy atom. The summed E-state index contributed by atoms with van der Waals surface area (Å²) in [6.07, 6.45) is 7.22. The number of aromatic nitrogens is 3. The quantitative estimate of drug-likeness (QED) is 0.925. The lowest BCUT2D eigenvalue weighted by Crippen LogP contribution is -2.44. The van der Waals surface area contributed by atoms with E-state index in [0.29, 0.717) is 0 Å². The van der Waals surface area contributed by atoms with Gasteiger partial charge in [0, 0.05) is 35.6 Å². The van der Waals surface area contributed by atoms with Gasteiger partial charge < -0.3 is 5.32 Å². The van der Waals surface area contributed by atoms with E-state index >= 15 is 0 Å². The van der Waals surface area contributed by atoms with E-state index in [2.05, 4.69) is 10.3 Å². The third-order valence-corrected chi connectivity index (χ3v) is 4.13. The molecule has 20 heavy (non-hydrogen) atoms. The average molecular weight is 268 g/mol. The van der Waals surface area contributed by atoms with Gasteiger partial charge >= 0.3 is 0 Å². The summed E-state index contributed by atoms with van der Waals surface area (Å²) in [5.74, 6) is 0.991. The van der Waals surface area contributed by atoms with Gasteiger partial charge in [-0.2, -0.15) is 0 Å². The molecule has 1 aliphatic rings. The molecule has 4 heteroatoms. The maximum Gasteiger partial charge on any atom is 0.136 e. The van der Waals surface area contributed by atoms with Gasteiger partial charge in [0.05, 0.1) is 5.69 Å². The third-order valence-electron chi connectivity index (χ3n) is 4.13. The molecule has 0 aromatic carbocycles. The number of pyridine rings is 1. The fourth-order valence-corrected chi connectivity index (χ4v) is 2.90. The van der Waals surface area contributed by atoms with E-state index in [1.54, 1.807) is 12.4 Å². The van der Waals surface area contributed by atoms with Crippen LogP contribution in [0.3, 0.4) is 0 Å². The molecule has 0 bridgehead atoms. The van der Waals surface area contributed by atoms with Crippen molar-refractivity contribution < 1.29 is 0 Å². The van der Waals surface area contributed by atoms with Crippen molar-refractivity contribution >= 4 is 0 Å². The second kappa shape index (κ2) is 5.29. The largest absolute Gasteiger partial charge is 0.319 e. The Hall–Kier alpha value is -1.81. The SMILES string of the molecule is CNCC1(c2nc(C)cc(-c3ccncc3)n2)CCC1. The van der Waals surface area contributed by atoms with Gasteiger partial charge in [-0.1, -0.05) is 6.42 Å². The average Bonchev–Trinajstić information content (AvgIpc) is 2.43. The molecule has 0 unspecified atom stereocenters. The van der Waals surface area contributed by atoms with E-state index in [9.17, 15) is 0 Å². The normalized spacial score (nSPS) is 16.7. The van der Waals surface area contributed by atoms with E-state index in [1.807, 2.05) is 32.2 Å². The van der Waals surface area contributed by atoms with Gasteiger partial charge in [-0.05, 0) is 45.0 Å². The minimum atomic E-state index is 0.128. The predicted molar refractivity (Wildman–Crippen MR) is 79.5 cm³/mol. The molecule has 2 aromatic rings. The van der Waals surface area contributed by atoms with Gasteiger partial charge in [0.2, 0.25) is 0 Å². The number of rotatable bonds is 4. The lowest BCUT2D eigenvalue weighted by molar-refractivity contribution is 0.224. The van der Waals surface area contributed by atoms with Crippen LogP contribution in [-0.4, -0.2) is 28.5 Å². The summed E-state index contributed by atoms with van der Waals surface area (Å²) in [6, 6.07) is 6.04. The van der Waals surface area contributed by atoms with Crippen LogP contribution >= 0.6 is 0 Å². The summed E-state index contributed by atoms with van der Waals surface area (Å²) in [4.78, 5) is 13.6. The molecule has 1 saturated carbocycles. The molecule has 0 spiro atoms. The second-order valence-corrected chi connectivity index (χ2v) is 5.62. The molecule has 104 valence electrons. The van der Waals surface area contributed by atoms with Crippen molar-refractivity contribution in [3.05, 3.63) is 42.1 Å². The zero-order valence-corrected chi connectivity index (χ0v) is 12.1. The van der Waals surface area contributed by atoms with Crippen molar-refractivity contribution in [2.75, 3.05) is 13.6 Å². The second-order valence-electron chi connectivity index (χ2n) is 5.62. The lowest BCUT2D eigenvalue weighted by atomic mass is 9.68. The first-order chi connectivity index (χ1) is 9.73. The van der Waals surface area contributed by atoms with Crippen LogP contribution in [0.15, 0.2) is 30.6 Å². The Labute approximate surface area is 119 Å². The molecule has 0 saturated heterocycles. The van der Waals surface area contributed by atoms with Crippen molar-refractivity contribution in [3.8, 4) is 11.3 Å². The third kappa shape index (κ3) is 2.31. The number of hydrogen-bond acceptors (Lipinski definition) is 4. The summed E-state index contributed by atoms with van der Waals surface area (Å²) >= 11 is 0. The van der Waals surface area contributed by atoms with Crippen LogP contribution in [0.25, 0.3) is 11.3 Å². The summed E-state index contributed by atoms with van der Waals surface area (Å²) < 4.78 is 0. The first-order valence-electron chi connectivity index (χ1n) is 7.15. The number of nitrogens with one attached hydrogen (secondary N) is 1. The molecule has 0 aliphatic heterocycles. The van der Waals surface area contributed by atoms with Crippen molar-refractivity contribution in [3.63, 3.8) is 0 Å². The number of nitrogens with zero attached hydrogens (tertiary/aromatic N) is 3. The number of likely N-dealkylation sites (N-methyl/N-ethyl adjacent to an activating group) is 1. The minimum Gasteiger partial charge on any atom is -0.319 e. The van der Waals surface area contributed by atoms with Crippen LogP contribution in [-0.2, 0) is 5.41 Å². The van der Waals surface area contributed by atoms with Gasteiger partial charge in [-0.25, -0.2) is 9.97 Å². The van der Waals surface area contributed by atoms with Crippen LogP contribution in [0.5, 0.6) is 0 Å². The van der Waals surface area contributed by atoms with Crippen molar-refractivity contribution in [2.45, 2.75) is 31.6 Å². The van der Waals surface area contributed by atoms with Crippen LogP contribution in [0, 0.1) is 6.92 Å². The Balaban J connectivity index is 2.03. The zero-order valence-electron chi connectivity index (χ0n) is 12.1. The molecule has 4 nitrogen and oxygen atoms in total. The van der Waals surface area contributed by atoms with Crippen LogP contribution in [0.2, 0.25) is 0 Å². The topological polar surface area (TPSA) is 50.7 Å². The van der Waals surface area contributed by atoms with E-state index in [0.717, 1.165) is 29.3 Å². The summed E-state index contributed by atoms with van der Waals surface area (Å²) in [5.41, 5.74) is 3.26. The molecule has 3 rings (SSSR count). The van der Waals surface area contributed by atoms with E-state index < -0.39 is 0 Å². The van der Waals surface area contributed by atoms with Gasteiger partial charge in [0.15, 0.2) is 0 Å². The van der Waals surface area contributed by atoms with E-state index in [-0.39, 0.29) is 5.41 Å². The molecule has 0 radical (unpaired) electrons. The highest BCUT2D eigenvalue weighted by molar-refractivity contribution is 5.58. The highest BCUT2D eigenvalue weighted by Crippen LogP contribution is 2.42. The molecular weight excluding hydrogens is 248 g/mol. The van der Waals surface area contributed by atoms with Gasteiger partial charge in [-0.3, -0.25) is 4.98 Å². The zero-order chi connectivity index (χ0) is 14.0. The first kappa shape index (κ1) is 13.2. The molecule has 2 aromatic heterocycles. The maximum atomic E-state index is 4.84. The fourth-order valence-electron chi connectivity index (χ4n) is 2.90. The van der Waals surface area contributed by atoms with Gasteiger partial charge in [-0.15, -0.1) is 0 Å². The molecule has 1 N–H and O–H groups in total. The summed E-state index contributed by atoms with van der Waals surface area (Å²) in [7, 11) is 2.00. The van der Waals surface area contributed by atoms with Crippen LogP contribution in [0.4, 0.5) is 0 Å². The molecule has 0 atom stereocenters. The van der Waals surface area contributed by atoms with Crippen LogP contribution < -0.4 is 5.32 Å². The summed E-state index contributed by atoms with van der Waals surface area (Å²) in [5, 5.41) is 3.30. The van der Waals surface area contributed by atoms with Gasteiger partial charge in [0.1, 0.15) is 5.82 Å². The Morgan fingerprint density at radius 2 is 1.95 bits per heavy atom. The lowest BCUT2D eigenvalue weighted by Gasteiger charge is -2.40. The van der Waals surface area contributed by atoms with E-state index in [4.69, 9.17) is 9.97 Å². The van der Waals surface area contributed by atoms with Crippen molar-refractivity contribution in [1.82, 2.24) is 20.3 Å². The fraction of sp³-hybridized carbons (Fsp3) is 0.438. The minimum absolute atomic E-state index is 0.128. The standard InChI is InChI=1S/C16H20N4/c1-12-10-14(13-4-8-18-9-5-13)20-15(19-12)16(11-17-2)6-3-7-16/h4-5,8-10,17H,3,6-7,11H2,1-2H3. The highest BCUT2D eigenvalue weighted by Gasteiger charge is 2.41. The summed E-state index contributed by atoms with van der Waals surface area (Å²) in [6.45, 7) is 2.99. The van der Waals surface area contributed by atoms with Crippen molar-refractivity contribution in [2.24, 2.45) is 0 Å². The first-order valence-corrected chi connectivity index (χ1v) is 7.15. The number of hydrogen-bond donors (Lipinski definition) is 1. The predicted octanol–water partition coefficient (Wildman–Crippen LogP) is 2.49. The Kier molecular flexibility index (Phi) is 3.49. The molecular formula is C16H20N4. The van der Waals surface area contributed by atoms with Crippen molar-refractivity contribution in [1.29, 1.82) is 0 Å². The monoisotopic (exact) mass is 268 g/mol. The molecule has 2 heterocycles.